The zero-order chi connectivity index (χ0) is 8.65. The van der Waals surface area contributed by atoms with Crippen molar-refractivity contribution in [1.29, 1.82) is 0 Å². The molecule has 1 nitrogen and oxygen atoms in total. The van der Waals surface area contributed by atoms with Gasteiger partial charge in [0.1, 0.15) is 0 Å². The molecule has 12 heavy (non-hydrogen) atoms. The summed E-state index contributed by atoms with van der Waals surface area (Å²) in [6, 6.07) is 10.7. The molecule has 0 amide bonds. The minimum absolute atomic E-state index is 0.415. The third-order valence-corrected chi connectivity index (χ3v) is 2.09. The van der Waals surface area contributed by atoms with E-state index >= 15 is 0 Å². The number of rotatable bonds is 5. The predicted molar refractivity (Wildman–Crippen MR) is 51.2 cm³/mol. The van der Waals surface area contributed by atoms with Crippen LogP contribution in [0.5, 0.6) is 0 Å². The highest BCUT2D eigenvalue weighted by molar-refractivity contribution is 6.25. The normalized spacial score (nSPS) is 9.75. The second-order valence-electron chi connectivity index (χ2n) is 2.53. The first-order valence-corrected chi connectivity index (χ1v) is 5.14. The molecular weight excluding hydrogens is 169 g/mol. The molecule has 0 heterocycles. The molecule has 2 radical (unpaired) electrons. The Morgan fingerprint density at radius 2 is 2.00 bits per heavy atom. The van der Waals surface area contributed by atoms with Crippen LogP contribution < -0.4 is 5.32 Å². The van der Waals surface area contributed by atoms with Gasteiger partial charge < -0.3 is 9.42 Å². The van der Waals surface area contributed by atoms with E-state index in [2.05, 4.69) is 5.32 Å². The standard InChI is InChI=1S/C9H12FNSi/c10-12-8-4-7-11-9-5-2-1-3-6-9/h1-3,5-6,11H,4,7-8H2. The Kier molecular flexibility index (Phi) is 4.45. The molecule has 1 rings (SSSR count). The molecule has 0 atom stereocenters. The van der Waals surface area contributed by atoms with Crippen LogP contribution in [-0.4, -0.2) is 16.4 Å². The highest BCUT2D eigenvalue weighted by Gasteiger charge is 1.90. The van der Waals surface area contributed by atoms with E-state index in [1.54, 1.807) is 0 Å². The predicted octanol–water partition coefficient (Wildman–Crippen LogP) is 2.50. The van der Waals surface area contributed by atoms with Gasteiger partial charge in [0.05, 0.1) is 0 Å². The number of halogens is 1. The van der Waals surface area contributed by atoms with Crippen LogP contribution in [0, 0.1) is 0 Å². The van der Waals surface area contributed by atoms with Crippen LogP contribution in [0.2, 0.25) is 6.04 Å². The first kappa shape index (κ1) is 9.26. The van der Waals surface area contributed by atoms with E-state index in [-0.39, 0.29) is 0 Å². The van der Waals surface area contributed by atoms with Crippen molar-refractivity contribution >= 4 is 15.5 Å². The molecule has 3 heteroatoms. The molecule has 0 spiro atoms. The molecule has 0 aromatic heterocycles. The molecule has 1 N–H and O–H groups in total. The van der Waals surface area contributed by atoms with Crippen LogP contribution in [0.4, 0.5) is 9.80 Å². The van der Waals surface area contributed by atoms with Crippen LogP contribution in [0.1, 0.15) is 6.42 Å². The Morgan fingerprint density at radius 3 is 2.67 bits per heavy atom. The molecule has 1 aromatic carbocycles. The molecule has 0 saturated carbocycles. The lowest BCUT2D eigenvalue weighted by molar-refractivity contribution is 0.834. The Balaban J connectivity index is 2.16. The van der Waals surface area contributed by atoms with Gasteiger partial charge in [0.25, 0.3) is 9.85 Å². The maximum Gasteiger partial charge on any atom is 0.294 e. The second-order valence-corrected chi connectivity index (χ2v) is 3.30. The third kappa shape index (κ3) is 3.53. The first-order chi connectivity index (χ1) is 5.93. The summed E-state index contributed by atoms with van der Waals surface area (Å²) in [5.74, 6) is 0. The van der Waals surface area contributed by atoms with Crippen molar-refractivity contribution < 1.29 is 4.11 Å². The van der Waals surface area contributed by atoms with Crippen molar-refractivity contribution in [1.82, 2.24) is 0 Å². The highest BCUT2D eigenvalue weighted by Crippen LogP contribution is 2.04. The fourth-order valence-electron chi connectivity index (χ4n) is 0.944. The monoisotopic (exact) mass is 181 g/mol. The van der Waals surface area contributed by atoms with Crippen LogP contribution in [0.3, 0.4) is 0 Å². The van der Waals surface area contributed by atoms with E-state index in [4.69, 9.17) is 0 Å². The summed E-state index contributed by atoms with van der Waals surface area (Å²) in [5, 5.41) is 3.22. The molecule has 1 aromatic rings. The summed E-state index contributed by atoms with van der Waals surface area (Å²) in [4.78, 5) is 0. The zero-order valence-corrected chi connectivity index (χ0v) is 7.89. The Labute approximate surface area is 75.0 Å². The molecule has 0 fully saturated rings. The fraction of sp³-hybridized carbons (Fsp3) is 0.333. The van der Waals surface area contributed by atoms with Crippen LogP contribution in [0.15, 0.2) is 30.3 Å². The number of para-hydroxylation sites is 1. The van der Waals surface area contributed by atoms with E-state index in [0.717, 1.165) is 18.7 Å². The van der Waals surface area contributed by atoms with Gasteiger partial charge in [-0.2, -0.15) is 0 Å². The summed E-state index contributed by atoms with van der Waals surface area (Å²) < 4.78 is 11.7. The molecular formula is C9H12FNSi. The van der Waals surface area contributed by atoms with Gasteiger partial charge in [0.2, 0.25) is 0 Å². The second kappa shape index (κ2) is 5.77. The molecule has 0 aliphatic heterocycles. The van der Waals surface area contributed by atoms with Gasteiger partial charge in [-0.3, -0.25) is 0 Å². The van der Waals surface area contributed by atoms with E-state index < -0.39 is 9.85 Å². The summed E-state index contributed by atoms with van der Waals surface area (Å²) >= 11 is 0. The van der Waals surface area contributed by atoms with Gasteiger partial charge in [0.15, 0.2) is 0 Å². The van der Waals surface area contributed by atoms with Gasteiger partial charge in [-0.05, 0) is 24.6 Å². The van der Waals surface area contributed by atoms with Crippen LogP contribution in [0.25, 0.3) is 0 Å². The summed E-state index contributed by atoms with van der Waals surface area (Å²) in [7, 11) is -0.415. The molecule has 0 saturated heterocycles. The minimum atomic E-state index is -0.415. The van der Waals surface area contributed by atoms with Crippen molar-refractivity contribution in [2.45, 2.75) is 12.5 Å². The Morgan fingerprint density at radius 1 is 1.25 bits per heavy atom. The van der Waals surface area contributed by atoms with E-state index in [0.29, 0.717) is 6.04 Å². The summed E-state index contributed by atoms with van der Waals surface area (Å²) in [6.45, 7) is 0.862. The third-order valence-electron chi connectivity index (χ3n) is 1.55. The van der Waals surface area contributed by atoms with E-state index in [1.165, 1.54) is 0 Å². The van der Waals surface area contributed by atoms with E-state index in [1.807, 2.05) is 30.3 Å². The number of anilines is 1. The number of hydrogen-bond donors (Lipinski definition) is 1. The van der Waals surface area contributed by atoms with E-state index in [9.17, 15) is 4.11 Å². The highest BCUT2D eigenvalue weighted by atomic mass is 28.3. The van der Waals surface area contributed by atoms with Gasteiger partial charge >= 0.3 is 0 Å². The SMILES string of the molecule is F[Si]CCCNc1ccccc1. The van der Waals surface area contributed by atoms with Gasteiger partial charge in [0, 0.05) is 12.2 Å². The average Bonchev–Trinajstić information content (AvgIpc) is 2.14. The van der Waals surface area contributed by atoms with Gasteiger partial charge in [-0.15, -0.1) is 0 Å². The molecule has 0 aliphatic carbocycles. The largest absolute Gasteiger partial charge is 0.385 e. The van der Waals surface area contributed by atoms with Crippen molar-refractivity contribution in [3.8, 4) is 0 Å². The van der Waals surface area contributed by atoms with Gasteiger partial charge in [-0.1, -0.05) is 18.2 Å². The first-order valence-electron chi connectivity index (χ1n) is 4.06. The van der Waals surface area contributed by atoms with Gasteiger partial charge in [-0.25, -0.2) is 0 Å². The minimum Gasteiger partial charge on any atom is -0.385 e. The van der Waals surface area contributed by atoms with Crippen LogP contribution in [-0.2, 0) is 0 Å². The Hall–Kier alpha value is -0.833. The summed E-state index contributed by atoms with van der Waals surface area (Å²) in [6.07, 6.45) is 0.907. The van der Waals surface area contributed by atoms with Crippen molar-refractivity contribution in [2.24, 2.45) is 0 Å². The lowest BCUT2D eigenvalue weighted by Crippen LogP contribution is -2.01. The topological polar surface area (TPSA) is 12.0 Å². The maximum atomic E-state index is 11.7. The van der Waals surface area contributed by atoms with Crippen molar-refractivity contribution in [2.75, 3.05) is 11.9 Å². The van der Waals surface area contributed by atoms with Crippen LogP contribution >= 0.6 is 0 Å². The maximum absolute atomic E-state index is 11.7. The summed E-state index contributed by atoms with van der Waals surface area (Å²) in [5.41, 5.74) is 1.11. The molecule has 0 bridgehead atoms. The van der Waals surface area contributed by atoms with Crippen molar-refractivity contribution in [3.05, 3.63) is 30.3 Å². The fourth-order valence-corrected chi connectivity index (χ4v) is 1.25. The lowest BCUT2D eigenvalue weighted by Gasteiger charge is -2.03. The van der Waals surface area contributed by atoms with Crippen molar-refractivity contribution in [3.63, 3.8) is 0 Å². The molecule has 0 aliphatic rings. The zero-order valence-electron chi connectivity index (χ0n) is 6.89. The number of nitrogens with one attached hydrogen (secondary N) is 1. The lowest BCUT2D eigenvalue weighted by atomic mass is 10.3. The number of hydrogen-bond acceptors (Lipinski definition) is 1. The smallest absolute Gasteiger partial charge is 0.294 e. The molecule has 0 unspecified atom stereocenters. The molecule has 64 valence electrons. The number of benzene rings is 1. The Bertz CT molecular complexity index is 203. The quantitative estimate of drug-likeness (QED) is 0.418. The average molecular weight is 181 g/mol.